The van der Waals surface area contributed by atoms with Crippen LogP contribution >= 0.6 is 0 Å². The molecule has 3 rings (SSSR count). The van der Waals surface area contributed by atoms with E-state index in [0.717, 1.165) is 11.3 Å². The SMILES string of the molecule is COc1ccc(C2C=C(C(=O)[O-])Nc3ncnn32)cc1. The number of carbonyl (C=O) groups is 1. The lowest BCUT2D eigenvalue weighted by molar-refractivity contribution is -0.299. The Labute approximate surface area is 114 Å². The van der Waals surface area contributed by atoms with Gasteiger partial charge in [-0.05, 0) is 23.8 Å². The van der Waals surface area contributed by atoms with E-state index in [1.54, 1.807) is 30.0 Å². The normalized spacial score (nSPS) is 16.9. The van der Waals surface area contributed by atoms with Crippen LogP contribution in [0.3, 0.4) is 0 Å². The molecule has 20 heavy (non-hydrogen) atoms. The van der Waals surface area contributed by atoms with Gasteiger partial charge in [-0.25, -0.2) is 4.68 Å². The maximum atomic E-state index is 11.0. The highest BCUT2D eigenvalue weighted by Crippen LogP contribution is 2.28. The molecule has 1 aliphatic rings. The number of ether oxygens (including phenoxy) is 1. The van der Waals surface area contributed by atoms with Crippen LogP contribution in [0.2, 0.25) is 0 Å². The van der Waals surface area contributed by atoms with Gasteiger partial charge in [-0.3, -0.25) is 0 Å². The van der Waals surface area contributed by atoms with Gasteiger partial charge in [-0.2, -0.15) is 10.1 Å². The van der Waals surface area contributed by atoms with Crippen LogP contribution in [0.4, 0.5) is 5.95 Å². The minimum Gasteiger partial charge on any atom is -0.543 e. The molecule has 1 atom stereocenters. The van der Waals surface area contributed by atoms with Gasteiger partial charge in [0.25, 0.3) is 0 Å². The molecule has 7 nitrogen and oxygen atoms in total. The Morgan fingerprint density at radius 3 is 2.80 bits per heavy atom. The third-order valence-electron chi connectivity index (χ3n) is 3.08. The molecule has 1 aromatic heterocycles. The van der Waals surface area contributed by atoms with Crippen LogP contribution in [0.25, 0.3) is 0 Å². The lowest BCUT2D eigenvalue weighted by Crippen LogP contribution is -2.32. The van der Waals surface area contributed by atoms with Crippen molar-refractivity contribution in [1.29, 1.82) is 0 Å². The van der Waals surface area contributed by atoms with Crippen molar-refractivity contribution < 1.29 is 14.6 Å². The van der Waals surface area contributed by atoms with Gasteiger partial charge in [-0.1, -0.05) is 12.1 Å². The Hall–Kier alpha value is -2.83. The zero-order chi connectivity index (χ0) is 14.1. The molecule has 0 aliphatic carbocycles. The molecule has 0 saturated carbocycles. The number of carboxylic acids is 1. The van der Waals surface area contributed by atoms with Gasteiger partial charge in [0.1, 0.15) is 18.1 Å². The van der Waals surface area contributed by atoms with Crippen molar-refractivity contribution in [2.24, 2.45) is 0 Å². The summed E-state index contributed by atoms with van der Waals surface area (Å²) in [4.78, 5) is 15.0. The first-order valence-corrected chi connectivity index (χ1v) is 5.92. The predicted octanol–water partition coefficient (Wildman–Crippen LogP) is -0.0646. The number of methoxy groups -OCH3 is 1. The number of aliphatic carboxylic acids is 1. The van der Waals surface area contributed by atoms with E-state index in [2.05, 4.69) is 15.4 Å². The van der Waals surface area contributed by atoms with E-state index in [-0.39, 0.29) is 11.7 Å². The number of nitrogens with one attached hydrogen (secondary N) is 1. The van der Waals surface area contributed by atoms with Crippen molar-refractivity contribution >= 4 is 11.9 Å². The highest BCUT2D eigenvalue weighted by Gasteiger charge is 2.22. The number of aromatic nitrogens is 3. The number of benzene rings is 1. The average Bonchev–Trinajstić information content (AvgIpc) is 2.94. The topological polar surface area (TPSA) is 92.1 Å². The number of nitrogens with zero attached hydrogens (tertiary/aromatic N) is 3. The first kappa shape index (κ1) is 12.2. The molecule has 0 amide bonds. The third-order valence-corrected chi connectivity index (χ3v) is 3.08. The van der Waals surface area contributed by atoms with Crippen molar-refractivity contribution in [3.8, 4) is 5.75 Å². The van der Waals surface area contributed by atoms with Crippen molar-refractivity contribution in [1.82, 2.24) is 14.8 Å². The number of carboxylic acid groups (broad SMARTS) is 1. The van der Waals surface area contributed by atoms with Crippen LogP contribution in [0.1, 0.15) is 11.6 Å². The number of fused-ring (bicyclic) bond motifs is 1. The zero-order valence-electron chi connectivity index (χ0n) is 10.6. The smallest absolute Gasteiger partial charge is 0.226 e. The number of allylic oxidation sites excluding steroid dienone is 1. The van der Waals surface area contributed by atoms with E-state index < -0.39 is 5.97 Å². The summed E-state index contributed by atoms with van der Waals surface area (Å²) in [6.07, 6.45) is 2.91. The van der Waals surface area contributed by atoms with Gasteiger partial charge in [-0.15, -0.1) is 0 Å². The largest absolute Gasteiger partial charge is 0.543 e. The maximum absolute atomic E-state index is 11.0. The zero-order valence-corrected chi connectivity index (χ0v) is 10.6. The maximum Gasteiger partial charge on any atom is 0.226 e. The Morgan fingerprint density at radius 1 is 1.40 bits per heavy atom. The second kappa shape index (κ2) is 4.69. The van der Waals surface area contributed by atoms with Gasteiger partial charge in [0.15, 0.2) is 0 Å². The highest BCUT2D eigenvalue weighted by molar-refractivity contribution is 5.88. The van der Waals surface area contributed by atoms with E-state index >= 15 is 0 Å². The Morgan fingerprint density at radius 2 is 2.15 bits per heavy atom. The molecule has 1 N–H and O–H groups in total. The summed E-state index contributed by atoms with van der Waals surface area (Å²) in [7, 11) is 1.59. The number of hydrogen-bond donors (Lipinski definition) is 1. The van der Waals surface area contributed by atoms with E-state index in [1.165, 1.54) is 6.33 Å². The van der Waals surface area contributed by atoms with Gasteiger partial charge in [0.05, 0.1) is 18.8 Å². The molecule has 0 bridgehead atoms. The molecule has 7 heteroatoms. The molecule has 2 aromatic rings. The summed E-state index contributed by atoms with van der Waals surface area (Å²) in [6, 6.07) is 6.96. The fourth-order valence-electron chi connectivity index (χ4n) is 2.09. The molecule has 1 aliphatic heterocycles. The first-order chi connectivity index (χ1) is 9.69. The van der Waals surface area contributed by atoms with Crippen molar-refractivity contribution in [3.05, 3.63) is 47.9 Å². The fourth-order valence-corrected chi connectivity index (χ4v) is 2.09. The number of rotatable bonds is 3. The molecule has 0 fully saturated rings. The molecular weight excluding hydrogens is 260 g/mol. The molecule has 1 unspecified atom stereocenters. The second-order valence-corrected chi connectivity index (χ2v) is 4.24. The van der Waals surface area contributed by atoms with E-state index in [9.17, 15) is 9.90 Å². The molecule has 2 heterocycles. The summed E-state index contributed by atoms with van der Waals surface area (Å²) < 4.78 is 6.71. The Kier molecular flexibility index (Phi) is 2.86. The second-order valence-electron chi connectivity index (χ2n) is 4.24. The Bertz CT molecular complexity index is 675. The standard InChI is InChI=1S/C13H12N4O3/c1-20-9-4-2-8(3-5-9)11-6-10(12(18)19)16-13-14-7-15-17(11)13/h2-7,11H,1H3,(H,18,19)(H,14,15,16)/p-1. The first-order valence-electron chi connectivity index (χ1n) is 5.92. The van der Waals surface area contributed by atoms with E-state index in [0.29, 0.717) is 5.95 Å². The fraction of sp³-hybridized carbons (Fsp3) is 0.154. The van der Waals surface area contributed by atoms with Crippen LogP contribution in [0.15, 0.2) is 42.4 Å². The lowest BCUT2D eigenvalue weighted by Gasteiger charge is -2.24. The van der Waals surface area contributed by atoms with Crippen LogP contribution in [0, 0.1) is 0 Å². The minimum absolute atomic E-state index is 0.0219. The van der Waals surface area contributed by atoms with Gasteiger partial charge in [0.2, 0.25) is 5.95 Å². The van der Waals surface area contributed by atoms with E-state index in [4.69, 9.17) is 4.74 Å². The van der Waals surface area contributed by atoms with Gasteiger partial charge < -0.3 is 20.0 Å². The highest BCUT2D eigenvalue weighted by atomic mass is 16.5. The van der Waals surface area contributed by atoms with Crippen molar-refractivity contribution in [2.45, 2.75) is 6.04 Å². The monoisotopic (exact) mass is 271 g/mol. The molecule has 0 saturated heterocycles. The molecular formula is C13H11N4O3-. The third kappa shape index (κ3) is 1.99. The molecule has 0 radical (unpaired) electrons. The van der Waals surface area contributed by atoms with Crippen molar-refractivity contribution in [2.75, 3.05) is 12.4 Å². The average molecular weight is 271 g/mol. The molecule has 0 spiro atoms. The van der Waals surface area contributed by atoms with Gasteiger partial charge in [0, 0.05) is 0 Å². The molecule has 1 aromatic carbocycles. The summed E-state index contributed by atoms with van der Waals surface area (Å²) in [5.74, 6) is -0.184. The number of carbonyl (C=O) groups excluding carboxylic acids is 1. The summed E-state index contributed by atoms with van der Waals surface area (Å²) in [6.45, 7) is 0. The minimum atomic E-state index is -1.28. The lowest BCUT2D eigenvalue weighted by atomic mass is 10.0. The van der Waals surface area contributed by atoms with Crippen LogP contribution < -0.4 is 15.2 Å². The molecule has 102 valence electrons. The van der Waals surface area contributed by atoms with Crippen LogP contribution in [-0.2, 0) is 4.79 Å². The summed E-state index contributed by atoms with van der Waals surface area (Å²) in [5, 5.41) is 17.8. The van der Waals surface area contributed by atoms with Gasteiger partial charge >= 0.3 is 0 Å². The number of hydrogen-bond acceptors (Lipinski definition) is 6. The quantitative estimate of drug-likeness (QED) is 0.840. The van der Waals surface area contributed by atoms with Crippen LogP contribution in [-0.4, -0.2) is 27.8 Å². The van der Waals surface area contributed by atoms with E-state index in [1.807, 2.05) is 12.1 Å². The summed E-state index contributed by atoms with van der Waals surface area (Å²) in [5.41, 5.74) is 0.851. The van der Waals surface area contributed by atoms with Crippen molar-refractivity contribution in [3.63, 3.8) is 0 Å². The summed E-state index contributed by atoms with van der Waals surface area (Å²) >= 11 is 0. The Balaban J connectivity index is 2.04. The number of anilines is 1. The predicted molar refractivity (Wildman–Crippen MR) is 67.9 cm³/mol. The van der Waals surface area contributed by atoms with Crippen LogP contribution in [0.5, 0.6) is 5.75 Å².